The van der Waals surface area contributed by atoms with Crippen LogP contribution in [0.25, 0.3) is 0 Å². The average Bonchev–Trinajstić information content (AvgIpc) is 2.50. The van der Waals surface area contributed by atoms with E-state index in [0.29, 0.717) is 0 Å². The Hall–Kier alpha value is -2.52. The first-order chi connectivity index (χ1) is 9.90. The molecule has 0 heterocycles. The van der Waals surface area contributed by atoms with Gasteiger partial charge in [0, 0.05) is 12.1 Å². The lowest BCUT2D eigenvalue weighted by molar-refractivity contribution is -0.384. The van der Waals surface area contributed by atoms with Crippen LogP contribution in [0, 0.1) is 10.1 Å². The molecule has 1 rings (SSSR count). The van der Waals surface area contributed by atoms with Gasteiger partial charge in [0.25, 0.3) is 5.69 Å². The zero-order chi connectivity index (χ0) is 16.0. The molecule has 0 saturated heterocycles. The van der Waals surface area contributed by atoms with Crippen molar-refractivity contribution in [3.8, 4) is 0 Å². The van der Waals surface area contributed by atoms with Gasteiger partial charge in [0.1, 0.15) is 6.10 Å². The number of nitrogens with one attached hydrogen (secondary N) is 1. The summed E-state index contributed by atoms with van der Waals surface area (Å²) in [5.41, 5.74) is 0.0786. The Bertz CT molecular complexity index is 529. The fourth-order valence-electron chi connectivity index (χ4n) is 1.57. The van der Waals surface area contributed by atoms with Crippen LogP contribution in [0.3, 0.4) is 0 Å². The minimum atomic E-state index is -1.34. The zero-order valence-electron chi connectivity index (χ0n) is 11.1. The van der Waals surface area contributed by atoms with Gasteiger partial charge in [0.05, 0.1) is 24.7 Å². The third kappa shape index (κ3) is 4.23. The Balaban J connectivity index is 2.83. The number of non-ortho nitro benzene ring substituents is 1. The number of nitro groups is 1. The van der Waals surface area contributed by atoms with E-state index in [0.717, 1.165) is 7.11 Å². The summed E-state index contributed by atoms with van der Waals surface area (Å²) in [5.74, 6) is -2.28. The molecule has 9 heteroatoms. The number of esters is 1. The Kier molecular flexibility index (Phi) is 5.76. The number of amides is 1. The van der Waals surface area contributed by atoms with Crippen molar-refractivity contribution < 1.29 is 29.5 Å². The zero-order valence-corrected chi connectivity index (χ0v) is 11.1. The molecule has 0 spiro atoms. The van der Waals surface area contributed by atoms with Crippen LogP contribution < -0.4 is 5.32 Å². The van der Waals surface area contributed by atoms with Gasteiger partial charge in [-0.05, 0) is 17.7 Å². The summed E-state index contributed by atoms with van der Waals surface area (Å²) in [6, 6.07) is 3.77. The van der Waals surface area contributed by atoms with Crippen LogP contribution in [0.1, 0.15) is 11.7 Å². The second-order valence-electron chi connectivity index (χ2n) is 4.05. The number of rotatable bonds is 5. The van der Waals surface area contributed by atoms with Crippen LogP contribution in [-0.4, -0.2) is 46.8 Å². The second-order valence-corrected chi connectivity index (χ2v) is 4.05. The maximum atomic E-state index is 11.3. The molecule has 1 aromatic rings. The molecule has 0 fully saturated rings. The lowest BCUT2D eigenvalue weighted by Gasteiger charge is -2.21. The molecule has 1 aromatic carbocycles. The van der Waals surface area contributed by atoms with Crippen LogP contribution in [-0.2, 0) is 14.3 Å². The van der Waals surface area contributed by atoms with Crippen LogP contribution in [0.15, 0.2) is 24.3 Å². The van der Waals surface area contributed by atoms with Crippen LogP contribution in [0.4, 0.5) is 5.69 Å². The molecule has 0 aromatic heterocycles. The third-order valence-electron chi connectivity index (χ3n) is 2.71. The second kappa shape index (κ2) is 7.31. The Labute approximate surface area is 119 Å². The number of hydrogen-bond acceptors (Lipinski definition) is 7. The maximum Gasteiger partial charge on any atom is 0.396 e. The highest BCUT2D eigenvalue weighted by atomic mass is 16.6. The molecule has 0 aliphatic carbocycles. The molecule has 0 radical (unpaired) electrons. The van der Waals surface area contributed by atoms with Crippen LogP contribution in [0.5, 0.6) is 0 Å². The Morgan fingerprint density at radius 1 is 1.38 bits per heavy atom. The molecular weight excluding hydrogens is 284 g/mol. The number of benzene rings is 1. The van der Waals surface area contributed by atoms with E-state index in [1.165, 1.54) is 24.3 Å². The van der Waals surface area contributed by atoms with Crippen molar-refractivity contribution in [3.63, 3.8) is 0 Å². The summed E-state index contributed by atoms with van der Waals surface area (Å²) in [6.45, 7) is -0.638. The first-order valence-electron chi connectivity index (χ1n) is 5.82. The van der Waals surface area contributed by atoms with Gasteiger partial charge >= 0.3 is 11.9 Å². The number of nitrogens with zero attached hydrogens (tertiary/aromatic N) is 1. The Morgan fingerprint density at radius 3 is 2.38 bits per heavy atom. The molecule has 3 N–H and O–H groups in total. The number of aliphatic hydroxyl groups is 2. The summed E-state index contributed by atoms with van der Waals surface area (Å²) < 4.78 is 4.20. The monoisotopic (exact) mass is 298 g/mol. The third-order valence-corrected chi connectivity index (χ3v) is 2.71. The molecule has 0 bridgehead atoms. The SMILES string of the molecule is COC(=O)C(=O)NC(CO)C(O)c1ccc([N+](=O)[O-])cc1. The molecule has 0 saturated carbocycles. The van der Waals surface area contributed by atoms with E-state index < -0.39 is 35.6 Å². The van der Waals surface area contributed by atoms with Gasteiger partial charge in [-0.1, -0.05) is 0 Å². The molecule has 2 atom stereocenters. The number of carbonyl (C=O) groups is 2. The Morgan fingerprint density at radius 2 is 1.95 bits per heavy atom. The van der Waals surface area contributed by atoms with Crippen molar-refractivity contribution >= 4 is 17.6 Å². The number of hydrogen-bond donors (Lipinski definition) is 3. The minimum absolute atomic E-state index is 0.162. The summed E-state index contributed by atoms with van der Waals surface area (Å²) >= 11 is 0. The quantitative estimate of drug-likeness (QED) is 0.282. The van der Waals surface area contributed by atoms with Crippen molar-refractivity contribution in [1.29, 1.82) is 0 Å². The van der Waals surface area contributed by atoms with E-state index in [-0.39, 0.29) is 11.3 Å². The van der Waals surface area contributed by atoms with E-state index in [1.807, 2.05) is 0 Å². The first kappa shape index (κ1) is 16.5. The molecule has 0 aliphatic rings. The standard InChI is InChI=1S/C12H14N2O7/c1-21-12(18)11(17)13-9(6-15)10(16)7-2-4-8(5-3-7)14(19)20/h2-5,9-10,15-16H,6H2,1H3,(H,13,17). The fraction of sp³-hybridized carbons (Fsp3) is 0.333. The summed E-state index contributed by atoms with van der Waals surface area (Å²) in [7, 11) is 1.02. The van der Waals surface area contributed by atoms with Crippen LogP contribution >= 0.6 is 0 Å². The fourth-order valence-corrected chi connectivity index (χ4v) is 1.57. The first-order valence-corrected chi connectivity index (χ1v) is 5.82. The highest BCUT2D eigenvalue weighted by Gasteiger charge is 2.25. The van der Waals surface area contributed by atoms with Gasteiger partial charge in [-0.25, -0.2) is 4.79 Å². The lowest BCUT2D eigenvalue weighted by atomic mass is 10.0. The molecule has 2 unspecified atom stereocenters. The van der Waals surface area contributed by atoms with Crippen molar-refractivity contribution in [1.82, 2.24) is 5.32 Å². The molecule has 21 heavy (non-hydrogen) atoms. The van der Waals surface area contributed by atoms with E-state index >= 15 is 0 Å². The van der Waals surface area contributed by atoms with Crippen molar-refractivity contribution in [2.24, 2.45) is 0 Å². The molecule has 0 aliphatic heterocycles. The number of aliphatic hydroxyl groups excluding tert-OH is 2. The largest absolute Gasteiger partial charge is 0.462 e. The van der Waals surface area contributed by atoms with E-state index in [1.54, 1.807) is 0 Å². The molecular formula is C12H14N2O7. The van der Waals surface area contributed by atoms with Crippen molar-refractivity contribution in [2.75, 3.05) is 13.7 Å². The molecule has 1 amide bonds. The normalized spacial score (nSPS) is 13.1. The number of ether oxygens (including phenoxy) is 1. The number of methoxy groups -OCH3 is 1. The van der Waals surface area contributed by atoms with E-state index in [2.05, 4.69) is 10.1 Å². The van der Waals surface area contributed by atoms with Gasteiger partial charge in [-0.2, -0.15) is 0 Å². The highest BCUT2D eigenvalue weighted by molar-refractivity contribution is 6.32. The van der Waals surface area contributed by atoms with Gasteiger partial charge in [0.15, 0.2) is 0 Å². The summed E-state index contributed by atoms with van der Waals surface area (Å²) in [5, 5.41) is 31.8. The summed E-state index contributed by atoms with van der Waals surface area (Å²) in [6.07, 6.45) is -1.34. The predicted octanol–water partition coefficient (Wildman–Crippen LogP) is -0.722. The van der Waals surface area contributed by atoms with Gasteiger partial charge < -0.3 is 20.3 Å². The van der Waals surface area contributed by atoms with Crippen LogP contribution in [0.2, 0.25) is 0 Å². The predicted molar refractivity (Wildman–Crippen MR) is 69.1 cm³/mol. The van der Waals surface area contributed by atoms with E-state index in [9.17, 15) is 24.8 Å². The molecule has 9 nitrogen and oxygen atoms in total. The van der Waals surface area contributed by atoms with Gasteiger partial charge in [-0.15, -0.1) is 0 Å². The summed E-state index contributed by atoms with van der Waals surface area (Å²) in [4.78, 5) is 32.2. The minimum Gasteiger partial charge on any atom is -0.462 e. The molecule has 114 valence electrons. The van der Waals surface area contributed by atoms with Crippen molar-refractivity contribution in [3.05, 3.63) is 39.9 Å². The topological polar surface area (TPSA) is 139 Å². The number of carbonyl (C=O) groups excluding carboxylic acids is 2. The number of nitro benzene ring substituents is 1. The van der Waals surface area contributed by atoms with Gasteiger partial charge in [-0.3, -0.25) is 14.9 Å². The smallest absolute Gasteiger partial charge is 0.396 e. The van der Waals surface area contributed by atoms with Crippen molar-refractivity contribution in [2.45, 2.75) is 12.1 Å². The highest BCUT2D eigenvalue weighted by Crippen LogP contribution is 2.20. The lowest BCUT2D eigenvalue weighted by Crippen LogP contribution is -2.45. The van der Waals surface area contributed by atoms with E-state index in [4.69, 9.17) is 5.11 Å². The van der Waals surface area contributed by atoms with Gasteiger partial charge in [0.2, 0.25) is 0 Å². The maximum absolute atomic E-state index is 11.3. The average molecular weight is 298 g/mol.